The fourth-order valence-corrected chi connectivity index (χ4v) is 2.40. The van der Waals surface area contributed by atoms with Gasteiger partial charge in [0.15, 0.2) is 5.69 Å². The minimum Gasteiger partial charge on any atom is -0.337 e. The fraction of sp³-hybridized carbons (Fsp3) is 0.643. The molecule has 19 heavy (non-hydrogen) atoms. The molecule has 0 saturated carbocycles. The maximum Gasteiger partial charge on any atom is 0.274 e. The molecule has 1 saturated heterocycles. The number of carbonyl (C=O) groups is 1. The second kappa shape index (κ2) is 6.33. The highest BCUT2D eigenvalue weighted by Gasteiger charge is 2.22. The molecule has 0 radical (unpaired) electrons. The molecule has 0 atom stereocenters. The summed E-state index contributed by atoms with van der Waals surface area (Å²) in [7, 11) is 0. The highest BCUT2D eigenvalue weighted by atomic mass is 35.5. The molecule has 0 N–H and O–H groups in total. The van der Waals surface area contributed by atoms with Crippen LogP contribution in [-0.2, 0) is 0 Å². The first-order chi connectivity index (χ1) is 9.09. The van der Waals surface area contributed by atoms with Crippen LogP contribution in [0.15, 0.2) is 6.20 Å². The molecule has 0 spiro atoms. The third kappa shape index (κ3) is 3.44. The summed E-state index contributed by atoms with van der Waals surface area (Å²) in [6.45, 7) is 5.61. The summed E-state index contributed by atoms with van der Waals surface area (Å²) in [5.74, 6) is 0.798. The maximum absolute atomic E-state index is 12.5. The second-order valence-electron chi connectivity index (χ2n) is 5.29. The molecule has 0 aliphatic carbocycles. The number of hydrogen-bond donors (Lipinski definition) is 0. The quantitative estimate of drug-likeness (QED) is 0.836. The Hall–Kier alpha value is -1.16. The van der Waals surface area contributed by atoms with Gasteiger partial charge in [0.1, 0.15) is 5.82 Å². The molecule has 1 aromatic heterocycles. The molecule has 2 heterocycles. The van der Waals surface area contributed by atoms with E-state index in [2.05, 4.69) is 9.97 Å². The second-order valence-corrected chi connectivity index (χ2v) is 5.69. The molecule has 1 aliphatic rings. The number of rotatable bonds is 2. The van der Waals surface area contributed by atoms with Gasteiger partial charge in [0.2, 0.25) is 0 Å². The normalized spacial score (nSPS) is 16.5. The SMILES string of the molecule is CC(C)c1ncc(Cl)c(C(=O)N2CCCCCC2)n1. The van der Waals surface area contributed by atoms with E-state index in [4.69, 9.17) is 11.6 Å². The summed E-state index contributed by atoms with van der Waals surface area (Å²) < 4.78 is 0. The highest BCUT2D eigenvalue weighted by molar-refractivity contribution is 6.33. The van der Waals surface area contributed by atoms with Gasteiger partial charge in [-0.2, -0.15) is 0 Å². The average molecular weight is 282 g/mol. The summed E-state index contributed by atoms with van der Waals surface area (Å²) in [4.78, 5) is 22.9. The third-order valence-electron chi connectivity index (χ3n) is 3.37. The highest BCUT2D eigenvalue weighted by Crippen LogP contribution is 2.19. The Bertz CT molecular complexity index is 454. The molecule has 1 aliphatic heterocycles. The monoisotopic (exact) mass is 281 g/mol. The minimum atomic E-state index is -0.0591. The Labute approximate surface area is 119 Å². The van der Waals surface area contributed by atoms with Crippen LogP contribution in [0.3, 0.4) is 0 Å². The summed E-state index contributed by atoms with van der Waals surface area (Å²) in [5, 5.41) is 0.346. The van der Waals surface area contributed by atoms with E-state index in [1.165, 1.54) is 19.0 Å². The Morgan fingerprint density at radius 1 is 1.26 bits per heavy atom. The number of nitrogens with zero attached hydrogens (tertiary/aromatic N) is 3. The number of aromatic nitrogens is 2. The number of likely N-dealkylation sites (tertiary alicyclic amines) is 1. The molecule has 104 valence electrons. The summed E-state index contributed by atoms with van der Waals surface area (Å²) in [5.41, 5.74) is 0.349. The molecule has 4 nitrogen and oxygen atoms in total. The van der Waals surface area contributed by atoms with E-state index in [-0.39, 0.29) is 11.8 Å². The molecule has 1 fully saturated rings. The standard InChI is InChI=1S/C14H20ClN3O/c1-10(2)13-16-9-11(15)12(17-13)14(19)18-7-5-3-4-6-8-18/h9-10H,3-8H2,1-2H3. The summed E-state index contributed by atoms with van der Waals surface area (Å²) in [6.07, 6.45) is 6.04. The predicted octanol–water partition coefficient (Wildman–Crippen LogP) is 3.27. The molecule has 1 aromatic rings. The molecule has 0 unspecified atom stereocenters. The van der Waals surface area contributed by atoms with Crippen molar-refractivity contribution >= 4 is 17.5 Å². The summed E-state index contributed by atoms with van der Waals surface area (Å²) in [6, 6.07) is 0. The molecule has 2 rings (SSSR count). The van der Waals surface area contributed by atoms with Crippen LogP contribution in [0.5, 0.6) is 0 Å². The van der Waals surface area contributed by atoms with Crippen LogP contribution in [-0.4, -0.2) is 33.9 Å². The van der Waals surface area contributed by atoms with E-state index in [1.807, 2.05) is 18.7 Å². The molecular formula is C14H20ClN3O. The van der Waals surface area contributed by atoms with Crippen molar-refractivity contribution in [1.82, 2.24) is 14.9 Å². The summed E-state index contributed by atoms with van der Waals surface area (Å²) >= 11 is 6.08. The first-order valence-corrected chi connectivity index (χ1v) is 7.29. The number of carbonyl (C=O) groups excluding carboxylic acids is 1. The Balaban J connectivity index is 2.24. The Morgan fingerprint density at radius 2 is 1.89 bits per heavy atom. The van der Waals surface area contributed by atoms with Crippen LogP contribution in [0.2, 0.25) is 5.02 Å². The fourth-order valence-electron chi connectivity index (χ4n) is 2.23. The van der Waals surface area contributed by atoms with Crippen LogP contribution in [0.1, 0.15) is 61.8 Å². The molecule has 0 bridgehead atoms. The molecule has 5 heteroatoms. The zero-order valence-corrected chi connectivity index (χ0v) is 12.3. The number of amides is 1. The van der Waals surface area contributed by atoms with Crippen molar-refractivity contribution < 1.29 is 4.79 Å². The smallest absolute Gasteiger partial charge is 0.274 e. The van der Waals surface area contributed by atoms with Crippen molar-refractivity contribution in [3.63, 3.8) is 0 Å². The van der Waals surface area contributed by atoms with E-state index >= 15 is 0 Å². The van der Waals surface area contributed by atoms with Gasteiger partial charge in [0.05, 0.1) is 11.2 Å². The van der Waals surface area contributed by atoms with Crippen LogP contribution in [0, 0.1) is 0 Å². The maximum atomic E-state index is 12.5. The van der Waals surface area contributed by atoms with Gasteiger partial charge in [-0.3, -0.25) is 4.79 Å². The van der Waals surface area contributed by atoms with E-state index in [1.54, 1.807) is 0 Å². The number of hydrogen-bond acceptors (Lipinski definition) is 3. The van der Waals surface area contributed by atoms with Gasteiger partial charge in [-0.05, 0) is 12.8 Å². The van der Waals surface area contributed by atoms with E-state index < -0.39 is 0 Å². The molecule has 1 amide bonds. The van der Waals surface area contributed by atoms with Gasteiger partial charge in [-0.25, -0.2) is 9.97 Å². The topological polar surface area (TPSA) is 46.1 Å². The van der Waals surface area contributed by atoms with Crippen LogP contribution >= 0.6 is 11.6 Å². The van der Waals surface area contributed by atoms with Gasteiger partial charge < -0.3 is 4.90 Å². The van der Waals surface area contributed by atoms with Crippen LogP contribution < -0.4 is 0 Å². The van der Waals surface area contributed by atoms with Gasteiger partial charge in [0, 0.05) is 19.0 Å². The lowest BCUT2D eigenvalue weighted by Gasteiger charge is -2.20. The largest absolute Gasteiger partial charge is 0.337 e. The Morgan fingerprint density at radius 3 is 2.47 bits per heavy atom. The zero-order valence-electron chi connectivity index (χ0n) is 11.5. The molecular weight excluding hydrogens is 262 g/mol. The minimum absolute atomic E-state index is 0.0591. The number of halogens is 1. The van der Waals surface area contributed by atoms with E-state index in [0.29, 0.717) is 16.5 Å². The van der Waals surface area contributed by atoms with Gasteiger partial charge in [-0.1, -0.05) is 38.3 Å². The van der Waals surface area contributed by atoms with Crippen molar-refractivity contribution in [1.29, 1.82) is 0 Å². The molecule has 0 aromatic carbocycles. The zero-order chi connectivity index (χ0) is 13.8. The van der Waals surface area contributed by atoms with Gasteiger partial charge >= 0.3 is 0 Å². The third-order valence-corrected chi connectivity index (χ3v) is 3.65. The van der Waals surface area contributed by atoms with Crippen molar-refractivity contribution in [3.8, 4) is 0 Å². The van der Waals surface area contributed by atoms with Crippen molar-refractivity contribution in [3.05, 3.63) is 22.7 Å². The Kier molecular flexibility index (Phi) is 4.75. The van der Waals surface area contributed by atoms with Gasteiger partial charge in [-0.15, -0.1) is 0 Å². The van der Waals surface area contributed by atoms with Crippen molar-refractivity contribution in [2.75, 3.05) is 13.1 Å². The van der Waals surface area contributed by atoms with Crippen molar-refractivity contribution in [2.24, 2.45) is 0 Å². The van der Waals surface area contributed by atoms with E-state index in [9.17, 15) is 4.79 Å². The van der Waals surface area contributed by atoms with Gasteiger partial charge in [0.25, 0.3) is 5.91 Å². The lowest BCUT2D eigenvalue weighted by Crippen LogP contribution is -2.33. The van der Waals surface area contributed by atoms with Crippen LogP contribution in [0.4, 0.5) is 0 Å². The first kappa shape index (κ1) is 14.3. The lowest BCUT2D eigenvalue weighted by atomic mass is 10.2. The lowest BCUT2D eigenvalue weighted by molar-refractivity contribution is 0.0755. The van der Waals surface area contributed by atoms with E-state index in [0.717, 1.165) is 25.9 Å². The first-order valence-electron chi connectivity index (χ1n) is 6.91. The predicted molar refractivity (Wildman–Crippen MR) is 75.5 cm³/mol. The van der Waals surface area contributed by atoms with Crippen molar-refractivity contribution in [2.45, 2.75) is 45.4 Å². The van der Waals surface area contributed by atoms with Crippen LogP contribution in [0.25, 0.3) is 0 Å². The average Bonchev–Trinajstić information content (AvgIpc) is 2.67.